The van der Waals surface area contributed by atoms with E-state index in [2.05, 4.69) is 17.2 Å². The third kappa shape index (κ3) is 5.88. The van der Waals surface area contributed by atoms with Gasteiger partial charge in [0.25, 0.3) is 5.69 Å². The van der Waals surface area contributed by atoms with Crippen LogP contribution in [0.1, 0.15) is 17.5 Å². The van der Waals surface area contributed by atoms with Crippen LogP contribution in [-0.4, -0.2) is 17.6 Å². The summed E-state index contributed by atoms with van der Waals surface area (Å²) in [7, 11) is 0. The van der Waals surface area contributed by atoms with Crippen LogP contribution in [0.25, 0.3) is 0 Å². The monoisotopic (exact) mass is 339 g/mol. The van der Waals surface area contributed by atoms with Crippen molar-refractivity contribution in [2.45, 2.75) is 13.0 Å². The summed E-state index contributed by atoms with van der Waals surface area (Å²) >= 11 is 0. The highest BCUT2D eigenvalue weighted by atomic mass is 16.6. The van der Waals surface area contributed by atoms with E-state index in [1.807, 2.05) is 30.3 Å². The van der Waals surface area contributed by atoms with Gasteiger partial charge in [0.15, 0.2) is 0 Å². The van der Waals surface area contributed by atoms with E-state index in [0.717, 1.165) is 5.56 Å². The average Bonchev–Trinajstić information content (AvgIpc) is 2.60. The summed E-state index contributed by atoms with van der Waals surface area (Å²) in [5.41, 5.74) is 7.06. The van der Waals surface area contributed by atoms with Crippen LogP contribution in [-0.2, 0) is 11.3 Å². The Morgan fingerprint density at radius 2 is 2.00 bits per heavy atom. The summed E-state index contributed by atoms with van der Waals surface area (Å²) < 4.78 is 5.06. The molecule has 0 saturated carbocycles. The number of nitro groups is 1. The van der Waals surface area contributed by atoms with Crippen molar-refractivity contribution in [3.63, 3.8) is 0 Å². The molecule has 3 N–H and O–H groups in total. The number of nitrogens with one attached hydrogen (secondary N) is 1. The summed E-state index contributed by atoms with van der Waals surface area (Å²) in [4.78, 5) is 22.0. The van der Waals surface area contributed by atoms with E-state index in [4.69, 9.17) is 10.5 Å². The molecular weight excluding hydrogens is 322 g/mol. The lowest BCUT2D eigenvalue weighted by Crippen LogP contribution is -2.24. The normalized spacial score (nSPS) is 9.60. The highest BCUT2D eigenvalue weighted by Crippen LogP contribution is 2.19. The maximum Gasteiger partial charge on any atom is 0.407 e. The molecule has 0 atom stereocenters. The Bertz CT molecular complexity index is 810. The number of nitrogens with zero attached hydrogens (tertiary/aromatic N) is 1. The summed E-state index contributed by atoms with van der Waals surface area (Å²) in [5, 5.41) is 13.5. The zero-order chi connectivity index (χ0) is 18.1. The van der Waals surface area contributed by atoms with E-state index in [1.165, 1.54) is 18.2 Å². The van der Waals surface area contributed by atoms with Gasteiger partial charge in [-0.25, -0.2) is 4.79 Å². The number of ether oxygens (including phenoxy) is 1. The number of hydrogen-bond acceptors (Lipinski definition) is 5. The van der Waals surface area contributed by atoms with E-state index in [9.17, 15) is 14.9 Å². The van der Waals surface area contributed by atoms with Gasteiger partial charge in [-0.1, -0.05) is 42.2 Å². The minimum atomic E-state index is -0.541. The molecule has 7 nitrogen and oxygen atoms in total. The molecule has 0 saturated heterocycles. The summed E-state index contributed by atoms with van der Waals surface area (Å²) in [6.07, 6.45) is -0.215. The fraction of sp³-hybridized carbons (Fsp3) is 0.167. The van der Waals surface area contributed by atoms with Crippen LogP contribution in [0.2, 0.25) is 0 Å². The molecule has 0 aliphatic rings. The van der Waals surface area contributed by atoms with Gasteiger partial charge in [-0.3, -0.25) is 10.1 Å². The van der Waals surface area contributed by atoms with Crippen LogP contribution in [0.5, 0.6) is 0 Å². The molecule has 2 rings (SSSR count). The Kier molecular flexibility index (Phi) is 6.37. The lowest BCUT2D eigenvalue weighted by molar-refractivity contribution is -0.385. The predicted molar refractivity (Wildman–Crippen MR) is 93.6 cm³/mol. The van der Waals surface area contributed by atoms with Gasteiger partial charge in [-0.05, 0) is 17.7 Å². The van der Waals surface area contributed by atoms with Crippen LogP contribution in [0.15, 0.2) is 48.5 Å². The number of carbonyl (C=O) groups excluding carboxylic acids is 1. The van der Waals surface area contributed by atoms with Gasteiger partial charge >= 0.3 is 6.09 Å². The zero-order valence-electron chi connectivity index (χ0n) is 13.4. The SMILES string of the molecule is Nc1ccc([N+](=O)[O-])c(C#CCCNC(=O)OCc2ccccc2)c1. The number of benzene rings is 2. The minimum absolute atomic E-state index is 0.100. The number of carbonyl (C=O) groups is 1. The fourth-order valence-corrected chi connectivity index (χ4v) is 1.97. The molecule has 2 aromatic carbocycles. The Morgan fingerprint density at radius 3 is 2.72 bits per heavy atom. The first-order valence-electron chi connectivity index (χ1n) is 7.53. The van der Waals surface area contributed by atoms with Crippen LogP contribution >= 0.6 is 0 Å². The van der Waals surface area contributed by atoms with Gasteiger partial charge in [0.1, 0.15) is 12.2 Å². The number of nitrogens with two attached hydrogens (primary N) is 1. The van der Waals surface area contributed by atoms with Crippen molar-refractivity contribution in [1.29, 1.82) is 0 Å². The first-order chi connectivity index (χ1) is 12.1. The van der Waals surface area contributed by atoms with Crippen molar-refractivity contribution in [3.05, 3.63) is 69.8 Å². The van der Waals surface area contributed by atoms with Gasteiger partial charge in [-0.2, -0.15) is 0 Å². The van der Waals surface area contributed by atoms with Crippen molar-refractivity contribution in [2.24, 2.45) is 0 Å². The Balaban J connectivity index is 1.78. The largest absolute Gasteiger partial charge is 0.445 e. The van der Waals surface area contributed by atoms with Crippen molar-refractivity contribution in [1.82, 2.24) is 5.32 Å². The average molecular weight is 339 g/mol. The first kappa shape index (κ1) is 17.8. The first-order valence-corrected chi connectivity index (χ1v) is 7.53. The molecule has 0 aliphatic carbocycles. The topological polar surface area (TPSA) is 107 Å². The Morgan fingerprint density at radius 1 is 1.24 bits per heavy atom. The number of amides is 1. The van der Waals surface area contributed by atoms with Gasteiger partial charge in [0, 0.05) is 24.7 Å². The molecule has 0 aliphatic heterocycles. The molecule has 0 aromatic heterocycles. The summed E-state index contributed by atoms with van der Waals surface area (Å²) in [5.74, 6) is 5.48. The lowest BCUT2D eigenvalue weighted by atomic mass is 10.1. The fourth-order valence-electron chi connectivity index (χ4n) is 1.97. The zero-order valence-corrected chi connectivity index (χ0v) is 13.4. The van der Waals surface area contributed by atoms with Crippen LogP contribution < -0.4 is 11.1 Å². The van der Waals surface area contributed by atoms with Crippen LogP contribution in [0.4, 0.5) is 16.2 Å². The molecule has 7 heteroatoms. The molecule has 0 radical (unpaired) electrons. The van der Waals surface area contributed by atoms with Gasteiger partial charge < -0.3 is 15.8 Å². The van der Waals surface area contributed by atoms with Crippen molar-refractivity contribution < 1.29 is 14.5 Å². The summed E-state index contributed by atoms with van der Waals surface area (Å²) in [6.45, 7) is 0.463. The number of alkyl carbamates (subject to hydrolysis) is 1. The quantitative estimate of drug-likeness (QED) is 0.286. The second-order valence-corrected chi connectivity index (χ2v) is 5.07. The van der Waals surface area contributed by atoms with E-state index >= 15 is 0 Å². The number of rotatable bonds is 5. The predicted octanol–water partition coefficient (Wildman–Crippen LogP) is 2.85. The second kappa shape index (κ2) is 8.93. The van der Waals surface area contributed by atoms with Gasteiger partial charge in [0.05, 0.1) is 4.92 Å². The summed E-state index contributed by atoms with van der Waals surface area (Å²) in [6, 6.07) is 13.5. The third-order valence-corrected chi connectivity index (χ3v) is 3.17. The van der Waals surface area contributed by atoms with Crippen molar-refractivity contribution >= 4 is 17.5 Å². The van der Waals surface area contributed by atoms with Gasteiger partial charge in [-0.15, -0.1) is 0 Å². The Hall–Kier alpha value is -3.53. The van der Waals surface area contributed by atoms with Crippen LogP contribution in [0.3, 0.4) is 0 Å². The number of nitrogen functional groups attached to an aromatic ring is 1. The number of anilines is 1. The third-order valence-electron chi connectivity index (χ3n) is 3.17. The lowest BCUT2D eigenvalue weighted by Gasteiger charge is -2.05. The highest BCUT2D eigenvalue weighted by Gasteiger charge is 2.11. The molecular formula is C18H17N3O4. The van der Waals surface area contributed by atoms with Crippen molar-refractivity contribution in [3.8, 4) is 11.8 Å². The molecule has 25 heavy (non-hydrogen) atoms. The number of hydrogen-bond donors (Lipinski definition) is 2. The maximum absolute atomic E-state index is 11.6. The number of nitro benzene ring substituents is 1. The molecule has 2 aromatic rings. The second-order valence-electron chi connectivity index (χ2n) is 5.07. The molecule has 0 heterocycles. The van der Waals surface area contributed by atoms with Gasteiger partial charge in [0.2, 0.25) is 0 Å². The van der Waals surface area contributed by atoms with E-state index < -0.39 is 11.0 Å². The highest BCUT2D eigenvalue weighted by molar-refractivity contribution is 5.67. The molecule has 128 valence electrons. The van der Waals surface area contributed by atoms with E-state index in [1.54, 1.807) is 0 Å². The van der Waals surface area contributed by atoms with E-state index in [0.29, 0.717) is 12.1 Å². The molecule has 0 fully saturated rings. The van der Waals surface area contributed by atoms with E-state index in [-0.39, 0.29) is 24.4 Å². The standard InChI is InChI=1S/C18H17N3O4/c19-16-9-10-17(21(23)24)15(12-16)8-4-5-11-20-18(22)25-13-14-6-2-1-3-7-14/h1-3,6-7,9-10,12H,5,11,13,19H2,(H,20,22). The molecule has 0 spiro atoms. The van der Waals surface area contributed by atoms with Crippen LogP contribution in [0, 0.1) is 22.0 Å². The molecule has 0 unspecified atom stereocenters. The molecule has 0 bridgehead atoms. The smallest absolute Gasteiger partial charge is 0.407 e. The minimum Gasteiger partial charge on any atom is -0.445 e. The maximum atomic E-state index is 11.6. The van der Waals surface area contributed by atoms with Crippen molar-refractivity contribution in [2.75, 3.05) is 12.3 Å². The molecule has 1 amide bonds. The Labute approximate surface area is 144 Å².